The molecule has 1 aromatic heterocycles. The van der Waals surface area contributed by atoms with Gasteiger partial charge in [-0.2, -0.15) is 0 Å². The molecule has 0 aliphatic carbocycles. The van der Waals surface area contributed by atoms with Crippen molar-refractivity contribution in [2.45, 2.75) is 42.2 Å². The predicted molar refractivity (Wildman–Crippen MR) is 104 cm³/mol. The Balaban J connectivity index is 1.90. The highest BCUT2D eigenvalue weighted by atomic mass is 32.2. The molecule has 1 aliphatic heterocycles. The molecule has 0 amide bonds. The fraction of sp³-hybridized carbons (Fsp3) is 0.421. The van der Waals surface area contributed by atoms with Gasteiger partial charge in [-0.3, -0.25) is 0 Å². The molecule has 0 atom stereocenters. The third-order valence-corrected chi connectivity index (χ3v) is 5.75. The van der Waals surface area contributed by atoms with Gasteiger partial charge in [0.05, 0.1) is 11.4 Å². The normalized spacial score (nSPS) is 17.1. The fourth-order valence-corrected chi connectivity index (χ4v) is 4.20. The van der Waals surface area contributed by atoms with E-state index in [1.54, 1.807) is 14.0 Å². The minimum Gasteiger partial charge on any atom is -0.411 e. The number of aryl methyl sites for hydroxylation is 1. The summed E-state index contributed by atoms with van der Waals surface area (Å²) >= 11 is 1.51. The van der Waals surface area contributed by atoms with Gasteiger partial charge in [-0.05, 0) is 37.6 Å². The second-order valence-corrected chi connectivity index (χ2v) is 7.62. The number of oxime groups is 1. The Bertz CT molecular complexity index is 851. The molecule has 1 fully saturated rings. The molecule has 0 radical (unpaired) electrons. The lowest BCUT2D eigenvalue weighted by atomic mass is 9.90. The summed E-state index contributed by atoms with van der Waals surface area (Å²) in [4.78, 5) is 9.83. The van der Waals surface area contributed by atoms with Crippen molar-refractivity contribution in [3.8, 4) is 0 Å². The maximum atomic E-state index is 8.98. The molecule has 3 N–H and O–H groups in total. The van der Waals surface area contributed by atoms with Crippen LogP contribution in [-0.4, -0.2) is 41.2 Å². The zero-order chi connectivity index (χ0) is 19.4. The number of nitrogens with two attached hydrogens (primary N) is 1. The number of hydrogen-bond acceptors (Lipinski definition) is 8. The van der Waals surface area contributed by atoms with Crippen LogP contribution in [0.25, 0.3) is 0 Å². The highest BCUT2D eigenvalue weighted by Crippen LogP contribution is 2.37. The van der Waals surface area contributed by atoms with E-state index in [0.29, 0.717) is 18.9 Å². The van der Waals surface area contributed by atoms with Crippen molar-refractivity contribution < 1.29 is 14.7 Å². The molecule has 0 unspecified atom stereocenters. The molecule has 27 heavy (non-hydrogen) atoms. The summed E-state index contributed by atoms with van der Waals surface area (Å²) in [5, 5.41) is 13.0. The van der Waals surface area contributed by atoms with Crippen LogP contribution in [0.3, 0.4) is 0 Å². The van der Waals surface area contributed by atoms with Gasteiger partial charge in [-0.1, -0.05) is 23.0 Å². The van der Waals surface area contributed by atoms with Crippen LogP contribution in [0.15, 0.2) is 39.3 Å². The molecule has 0 saturated carbocycles. The summed E-state index contributed by atoms with van der Waals surface area (Å²) < 4.78 is 11.3. The molecule has 144 valence electrons. The SMILES string of the molecule is COC1(c2cc(Sc3ccc(/C(C)=N/O)c(C)c3)nc(N)n2)CCOCC1. The van der Waals surface area contributed by atoms with Gasteiger partial charge in [0.1, 0.15) is 10.6 Å². The number of nitrogen functional groups attached to an aromatic ring is 1. The van der Waals surface area contributed by atoms with Crippen LogP contribution >= 0.6 is 11.8 Å². The molecule has 7 nitrogen and oxygen atoms in total. The number of rotatable bonds is 5. The van der Waals surface area contributed by atoms with E-state index in [1.165, 1.54) is 11.8 Å². The van der Waals surface area contributed by atoms with E-state index in [1.807, 2.05) is 31.2 Å². The Labute approximate surface area is 163 Å². The van der Waals surface area contributed by atoms with Gasteiger partial charge in [0.25, 0.3) is 0 Å². The lowest BCUT2D eigenvalue weighted by molar-refractivity contribution is -0.0974. The van der Waals surface area contributed by atoms with Gasteiger partial charge >= 0.3 is 0 Å². The van der Waals surface area contributed by atoms with E-state index in [-0.39, 0.29) is 5.95 Å². The number of ether oxygens (including phenoxy) is 2. The van der Waals surface area contributed by atoms with E-state index < -0.39 is 5.60 Å². The van der Waals surface area contributed by atoms with Gasteiger partial charge < -0.3 is 20.4 Å². The Morgan fingerprint density at radius 2 is 2.04 bits per heavy atom. The first-order valence-corrected chi connectivity index (χ1v) is 9.54. The largest absolute Gasteiger partial charge is 0.411 e. The number of anilines is 1. The third kappa shape index (κ3) is 4.23. The molecule has 0 spiro atoms. The van der Waals surface area contributed by atoms with Gasteiger partial charge in [0, 0.05) is 43.6 Å². The van der Waals surface area contributed by atoms with Crippen molar-refractivity contribution in [2.24, 2.45) is 5.16 Å². The minimum atomic E-state index is -0.487. The summed E-state index contributed by atoms with van der Waals surface area (Å²) in [5.41, 5.74) is 8.80. The van der Waals surface area contributed by atoms with Crippen LogP contribution < -0.4 is 5.73 Å². The van der Waals surface area contributed by atoms with Gasteiger partial charge in [-0.25, -0.2) is 9.97 Å². The molecule has 2 heterocycles. The van der Waals surface area contributed by atoms with E-state index in [9.17, 15) is 0 Å². The van der Waals surface area contributed by atoms with Gasteiger partial charge in [0.15, 0.2) is 0 Å². The van der Waals surface area contributed by atoms with Crippen molar-refractivity contribution in [2.75, 3.05) is 26.1 Å². The van der Waals surface area contributed by atoms with Crippen LogP contribution in [0.4, 0.5) is 5.95 Å². The zero-order valence-electron chi connectivity index (χ0n) is 15.7. The van der Waals surface area contributed by atoms with E-state index in [4.69, 9.17) is 20.4 Å². The first kappa shape index (κ1) is 19.6. The Morgan fingerprint density at radius 3 is 2.67 bits per heavy atom. The molecular weight excluding hydrogens is 364 g/mol. The number of aromatic nitrogens is 2. The standard InChI is InChI=1S/C19H24N4O3S/c1-12-10-14(4-5-15(12)13(2)23-24)27-17-11-16(21-18(20)22-17)19(25-3)6-8-26-9-7-19/h4-5,10-11,24H,6-9H2,1-3H3,(H2,20,21,22)/b23-13+. The maximum Gasteiger partial charge on any atom is 0.221 e. The highest BCUT2D eigenvalue weighted by Gasteiger charge is 2.36. The predicted octanol–water partition coefficient (Wildman–Crippen LogP) is 3.37. The number of hydrogen-bond donors (Lipinski definition) is 2. The average molecular weight is 388 g/mol. The Morgan fingerprint density at radius 1 is 1.30 bits per heavy atom. The number of benzene rings is 1. The van der Waals surface area contributed by atoms with Crippen LogP contribution in [0.1, 0.15) is 36.6 Å². The molecular formula is C19H24N4O3S. The minimum absolute atomic E-state index is 0.231. The van der Waals surface area contributed by atoms with Crippen LogP contribution in [0.2, 0.25) is 0 Å². The molecule has 2 aromatic rings. The lowest BCUT2D eigenvalue weighted by Crippen LogP contribution is -2.36. The van der Waals surface area contributed by atoms with E-state index >= 15 is 0 Å². The monoisotopic (exact) mass is 388 g/mol. The number of methoxy groups -OCH3 is 1. The van der Waals surface area contributed by atoms with Crippen molar-refractivity contribution >= 4 is 23.4 Å². The second-order valence-electron chi connectivity index (χ2n) is 6.52. The summed E-state index contributed by atoms with van der Waals surface area (Å²) in [7, 11) is 1.70. The first-order chi connectivity index (χ1) is 13.0. The highest BCUT2D eigenvalue weighted by molar-refractivity contribution is 7.99. The lowest BCUT2D eigenvalue weighted by Gasteiger charge is -2.35. The van der Waals surface area contributed by atoms with Crippen molar-refractivity contribution in [1.82, 2.24) is 9.97 Å². The smallest absolute Gasteiger partial charge is 0.221 e. The van der Waals surface area contributed by atoms with Crippen molar-refractivity contribution in [1.29, 1.82) is 0 Å². The fourth-order valence-electron chi connectivity index (χ4n) is 3.27. The summed E-state index contributed by atoms with van der Waals surface area (Å²) in [6, 6.07) is 7.89. The van der Waals surface area contributed by atoms with Crippen LogP contribution in [0, 0.1) is 6.92 Å². The molecule has 8 heteroatoms. The van der Waals surface area contributed by atoms with Gasteiger partial charge in [0.2, 0.25) is 5.95 Å². The van der Waals surface area contributed by atoms with Crippen LogP contribution in [-0.2, 0) is 15.1 Å². The van der Waals surface area contributed by atoms with E-state index in [0.717, 1.165) is 39.6 Å². The third-order valence-electron chi connectivity index (χ3n) is 4.84. The molecule has 1 saturated heterocycles. The second kappa shape index (κ2) is 8.24. The maximum absolute atomic E-state index is 8.98. The van der Waals surface area contributed by atoms with E-state index in [2.05, 4.69) is 15.1 Å². The van der Waals surface area contributed by atoms with Gasteiger partial charge in [-0.15, -0.1) is 0 Å². The molecule has 3 rings (SSSR count). The quantitative estimate of drug-likeness (QED) is 0.350. The number of nitrogens with zero attached hydrogens (tertiary/aromatic N) is 3. The molecule has 1 aromatic carbocycles. The summed E-state index contributed by atoms with van der Waals surface area (Å²) in [5.74, 6) is 0.231. The molecule has 1 aliphatic rings. The average Bonchev–Trinajstić information content (AvgIpc) is 2.67. The first-order valence-electron chi connectivity index (χ1n) is 8.73. The topological polar surface area (TPSA) is 103 Å². The van der Waals surface area contributed by atoms with Crippen molar-refractivity contribution in [3.63, 3.8) is 0 Å². The Kier molecular flexibility index (Phi) is 5.98. The Hall–Kier alpha value is -2.16. The summed E-state index contributed by atoms with van der Waals surface area (Å²) in [6.07, 6.45) is 1.47. The van der Waals surface area contributed by atoms with Crippen LogP contribution in [0.5, 0.6) is 0 Å². The van der Waals surface area contributed by atoms with Crippen molar-refractivity contribution in [3.05, 3.63) is 41.1 Å². The zero-order valence-corrected chi connectivity index (χ0v) is 16.5. The molecule has 0 bridgehead atoms. The summed E-state index contributed by atoms with van der Waals surface area (Å²) in [6.45, 7) is 5.01.